The van der Waals surface area contributed by atoms with E-state index in [1.807, 2.05) is 0 Å². The van der Waals surface area contributed by atoms with Gasteiger partial charge in [0.15, 0.2) is 0 Å². The molecule has 1 heterocycles. The Labute approximate surface area is 86.8 Å². The second-order valence-electron chi connectivity index (χ2n) is 3.53. The van der Waals surface area contributed by atoms with Crippen molar-refractivity contribution in [1.82, 2.24) is 5.32 Å². The van der Waals surface area contributed by atoms with Crippen LogP contribution in [0, 0.1) is 0 Å². The Morgan fingerprint density at radius 3 is 2.53 bits per heavy atom. The monoisotopic (exact) mass is 220 g/mol. The fourth-order valence-electron chi connectivity index (χ4n) is 1.55. The predicted octanol–water partition coefficient (Wildman–Crippen LogP) is -3.11. The number of hydrogen-bond acceptors (Lipinski definition) is 6. The van der Waals surface area contributed by atoms with Crippen LogP contribution in [0.2, 0.25) is 0 Å². The third-order valence-electron chi connectivity index (χ3n) is 2.33. The van der Waals surface area contributed by atoms with Crippen LogP contribution in [-0.2, 0) is 9.53 Å². The zero-order chi connectivity index (χ0) is 11.6. The van der Waals surface area contributed by atoms with Gasteiger partial charge in [0.25, 0.3) is 0 Å². The van der Waals surface area contributed by atoms with Gasteiger partial charge >= 0.3 is 0 Å². The molecule has 0 aromatic carbocycles. The van der Waals surface area contributed by atoms with E-state index in [1.165, 1.54) is 6.92 Å². The molecule has 0 radical (unpaired) electrons. The third kappa shape index (κ3) is 2.64. The lowest BCUT2D eigenvalue weighted by Crippen LogP contribution is -2.66. The molecule has 7 heteroatoms. The number of aliphatic hydroxyl groups excluding tert-OH is 3. The first kappa shape index (κ1) is 12.3. The van der Waals surface area contributed by atoms with Gasteiger partial charge < -0.3 is 31.1 Å². The molecule has 15 heavy (non-hydrogen) atoms. The third-order valence-corrected chi connectivity index (χ3v) is 2.33. The topological polar surface area (TPSA) is 125 Å². The van der Waals surface area contributed by atoms with Gasteiger partial charge in [0.05, 0.1) is 12.6 Å². The van der Waals surface area contributed by atoms with Crippen molar-refractivity contribution >= 4 is 5.91 Å². The van der Waals surface area contributed by atoms with Gasteiger partial charge in [0, 0.05) is 6.92 Å². The molecule has 1 saturated heterocycles. The number of amides is 1. The first-order chi connectivity index (χ1) is 6.97. The molecule has 7 nitrogen and oxygen atoms in total. The molecule has 1 rings (SSSR count). The van der Waals surface area contributed by atoms with Crippen molar-refractivity contribution in [2.24, 2.45) is 5.73 Å². The highest BCUT2D eigenvalue weighted by Crippen LogP contribution is 2.18. The van der Waals surface area contributed by atoms with E-state index in [0.29, 0.717) is 0 Å². The Morgan fingerprint density at radius 2 is 2.07 bits per heavy atom. The molecule has 0 saturated carbocycles. The summed E-state index contributed by atoms with van der Waals surface area (Å²) in [7, 11) is 0. The largest absolute Gasteiger partial charge is 0.394 e. The van der Waals surface area contributed by atoms with Gasteiger partial charge in [-0.3, -0.25) is 4.79 Å². The Bertz CT molecular complexity index is 237. The van der Waals surface area contributed by atoms with Gasteiger partial charge in [-0.05, 0) is 0 Å². The van der Waals surface area contributed by atoms with Crippen molar-refractivity contribution in [3.63, 3.8) is 0 Å². The van der Waals surface area contributed by atoms with Gasteiger partial charge in [-0.1, -0.05) is 0 Å². The lowest BCUT2D eigenvalue weighted by Gasteiger charge is -2.40. The van der Waals surface area contributed by atoms with Crippen LogP contribution in [0.25, 0.3) is 0 Å². The highest BCUT2D eigenvalue weighted by atomic mass is 16.5. The minimum absolute atomic E-state index is 0.382. The zero-order valence-corrected chi connectivity index (χ0v) is 8.33. The van der Waals surface area contributed by atoms with Crippen molar-refractivity contribution in [2.75, 3.05) is 6.61 Å². The number of aliphatic hydroxyl groups is 3. The second kappa shape index (κ2) is 4.86. The molecule has 1 aliphatic heterocycles. The first-order valence-electron chi connectivity index (χ1n) is 4.62. The van der Waals surface area contributed by atoms with Crippen molar-refractivity contribution in [1.29, 1.82) is 0 Å². The number of nitrogens with two attached hydrogens (primary N) is 1. The second-order valence-corrected chi connectivity index (χ2v) is 3.53. The van der Waals surface area contributed by atoms with Crippen LogP contribution in [0.5, 0.6) is 0 Å². The van der Waals surface area contributed by atoms with Crippen molar-refractivity contribution in [3.8, 4) is 0 Å². The Hall–Kier alpha value is -0.730. The summed E-state index contributed by atoms with van der Waals surface area (Å²) in [5, 5.41) is 30.3. The molecule has 1 aliphatic rings. The predicted molar refractivity (Wildman–Crippen MR) is 49.6 cm³/mol. The van der Waals surface area contributed by atoms with Gasteiger partial charge in [-0.2, -0.15) is 0 Å². The van der Waals surface area contributed by atoms with Gasteiger partial charge in [-0.25, -0.2) is 0 Å². The maximum Gasteiger partial charge on any atom is 0.217 e. The molecule has 6 N–H and O–H groups in total. The number of carbonyl (C=O) groups excluding carboxylic acids is 1. The Morgan fingerprint density at radius 1 is 1.47 bits per heavy atom. The van der Waals surface area contributed by atoms with E-state index < -0.39 is 37.2 Å². The number of ether oxygens (including phenoxy) is 1. The molecule has 0 aromatic heterocycles. The molecule has 5 atom stereocenters. The van der Waals surface area contributed by atoms with E-state index >= 15 is 0 Å². The van der Waals surface area contributed by atoms with Crippen LogP contribution in [0.1, 0.15) is 6.92 Å². The summed E-state index contributed by atoms with van der Waals surface area (Å²) in [5.41, 5.74) is 5.53. The van der Waals surface area contributed by atoms with Crippen molar-refractivity contribution in [3.05, 3.63) is 0 Å². The average molecular weight is 220 g/mol. The Kier molecular flexibility index (Phi) is 4.00. The molecule has 0 aliphatic carbocycles. The van der Waals surface area contributed by atoms with E-state index in [1.54, 1.807) is 0 Å². The van der Waals surface area contributed by atoms with E-state index in [-0.39, 0.29) is 5.91 Å². The molecule has 0 spiro atoms. The molecule has 1 fully saturated rings. The highest BCUT2D eigenvalue weighted by Gasteiger charge is 2.42. The van der Waals surface area contributed by atoms with Gasteiger partial charge in [0.1, 0.15) is 24.5 Å². The molecule has 1 amide bonds. The fourth-order valence-corrected chi connectivity index (χ4v) is 1.55. The molecule has 0 unspecified atom stereocenters. The van der Waals surface area contributed by atoms with Crippen LogP contribution >= 0.6 is 0 Å². The maximum atomic E-state index is 10.8. The number of carbonyl (C=O) groups is 1. The van der Waals surface area contributed by atoms with Gasteiger partial charge in [0.2, 0.25) is 5.91 Å². The van der Waals surface area contributed by atoms with Crippen LogP contribution in [-0.4, -0.2) is 58.4 Å². The van der Waals surface area contributed by atoms with Crippen molar-refractivity contribution in [2.45, 2.75) is 37.5 Å². The molecule has 0 bridgehead atoms. The quantitative estimate of drug-likeness (QED) is 0.335. The average Bonchev–Trinajstić information content (AvgIpc) is 2.18. The lowest BCUT2D eigenvalue weighted by atomic mass is 9.96. The summed E-state index contributed by atoms with van der Waals surface area (Å²) in [4.78, 5) is 10.8. The van der Waals surface area contributed by atoms with E-state index in [4.69, 9.17) is 15.6 Å². The van der Waals surface area contributed by atoms with Crippen molar-refractivity contribution < 1.29 is 24.9 Å². The maximum absolute atomic E-state index is 10.8. The molecular formula is C8H16N2O5. The summed E-state index contributed by atoms with van der Waals surface area (Å²) in [6, 6.07) is -0.875. The highest BCUT2D eigenvalue weighted by molar-refractivity contribution is 5.73. The molecule has 88 valence electrons. The van der Waals surface area contributed by atoms with E-state index in [9.17, 15) is 15.0 Å². The Balaban J connectivity index is 2.70. The SMILES string of the molecule is CC(=O)N[C@@H]1[C@@H](O)[C@H](O)[C@H](CO)O[C@@H]1N. The summed E-state index contributed by atoms with van der Waals surface area (Å²) < 4.78 is 5.03. The summed E-state index contributed by atoms with van der Waals surface area (Å²) in [6.45, 7) is 0.822. The van der Waals surface area contributed by atoms with Gasteiger partial charge in [-0.15, -0.1) is 0 Å². The fraction of sp³-hybridized carbons (Fsp3) is 0.875. The normalized spacial score (nSPS) is 41.3. The van der Waals surface area contributed by atoms with E-state index in [2.05, 4.69) is 5.32 Å². The minimum Gasteiger partial charge on any atom is -0.394 e. The standard InChI is InChI=1S/C8H16N2O5/c1-3(12)10-5-7(14)6(13)4(2-11)15-8(5)9/h4-8,11,13-14H,2,9H2,1H3,(H,10,12)/t4-,5+,6+,7+,8-/m0/s1. The minimum atomic E-state index is -1.27. The summed E-state index contributed by atoms with van der Waals surface area (Å²) >= 11 is 0. The van der Waals surface area contributed by atoms with E-state index in [0.717, 1.165) is 0 Å². The smallest absolute Gasteiger partial charge is 0.217 e. The number of hydrogen-bond donors (Lipinski definition) is 5. The van der Waals surface area contributed by atoms with Crippen LogP contribution < -0.4 is 11.1 Å². The summed E-state index contributed by atoms with van der Waals surface area (Å²) in [6.07, 6.45) is -4.41. The zero-order valence-electron chi connectivity index (χ0n) is 8.33. The van der Waals surface area contributed by atoms with Crippen LogP contribution in [0.4, 0.5) is 0 Å². The summed E-state index contributed by atoms with van der Waals surface area (Å²) in [5.74, 6) is -0.382. The number of nitrogens with one attached hydrogen (secondary N) is 1. The molecular weight excluding hydrogens is 204 g/mol. The lowest BCUT2D eigenvalue weighted by molar-refractivity contribution is -0.193. The van der Waals surface area contributed by atoms with Crippen LogP contribution in [0.3, 0.4) is 0 Å². The number of rotatable bonds is 2. The first-order valence-corrected chi connectivity index (χ1v) is 4.62. The van der Waals surface area contributed by atoms with Crippen LogP contribution in [0.15, 0.2) is 0 Å². The molecule has 0 aromatic rings.